The van der Waals surface area contributed by atoms with E-state index in [1.54, 1.807) is 0 Å². The van der Waals surface area contributed by atoms with Gasteiger partial charge in [0.1, 0.15) is 0 Å². The smallest absolute Gasteiger partial charge is 0.238 e. The fourth-order valence-corrected chi connectivity index (χ4v) is 3.31. The first-order valence-electron chi connectivity index (χ1n) is 8.83. The largest absolute Gasteiger partial charge is 0.340 e. The third-order valence-corrected chi connectivity index (χ3v) is 5.36. The topological polar surface area (TPSA) is 52.7 Å². The molecule has 0 radical (unpaired) electrons. The molecule has 5 heteroatoms. The quantitative estimate of drug-likeness (QED) is 0.920. The molecule has 5 nitrogen and oxygen atoms in total. The van der Waals surface area contributed by atoms with Crippen molar-refractivity contribution in [2.45, 2.75) is 27.2 Å². The van der Waals surface area contributed by atoms with Crippen molar-refractivity contribution in [2.24, 2.45) is 11.8 Å². The Hall–Kier alpha value is -1.88. The first kappa shape index (κ1) is 17.0. The highest BCUT2D eigenvalue weighted by molar-refractivity contribution is 5.93. The van der Waals surface area contributed by atoms with Crippen molar-refractivity contribution in [1.29, 1.82) is 0 Å². The number of rotatable bonds is 4. The summed E-state index contributed by atoms with van der Waals surface area (Å²) in [7, 11) is 0. The average molecular weight is 329 g/mol. The van der Waals surface area contributed by atoms with Gasteiger partial charge in [-0.25, -0.2) is 0 Å². The molecule has 1 N–H and O–H groups in total. The molecule has 0 spiro atoms. The number of anilines is 1. The van der Waals surface area contributed by atoms with Crippen molar-refractivity contribution < 1.29 is 9.59 Å². The number of hydrogen-bond donors (Lipinski definition) is 1. The number of aryl methyl sites for hydroxylation is 1. The highest BCUT2D eigenvalue weighted by Gasteiger charge is 2.41. The molecule has 2 fully saturated rings. The minimum atomic E-state index is 0.0132. The maximum atomic E-state index is 12.3. The van der Waals surface area contributed by atoms with Gasteiger partial charge in [-0.3, -0.25) is 14.5 Å². The van der Waals surface area contributed by atoms with E-state index in [2.05, 4.69) is 17.1 Å². The van der Waals surface area contributed by atoms with Gasteiger partial charge < -0.3 is 10.2 Å². The normalized spacial score (nSPS) is 23.9. The summed E-state index contributed by atoms with van der Waals surface area (Å²) in [6, 6.07) is 5.94. The highest BCUT2D eigenvalue weighted by atomic mass is 16.2. The summed E-state index contributed by atoms with van der Waals surface area (Å²) in [4.78, 5) is 28.6. The van der Waals surface area contributed by atoms with E-state index in [1.165, 1.54) is 5.56 Å². The van der Waals surface area contributed by atoms with Gasteiger partial charge in [-0.05, 0) is 43.4 Å². The van der Waals surface area contributed by atoms with E-state index in [0.29, 0.717) is 18.4 Å². The number of benzene rings is 1. The molecule has 1 aliphatic carbocycles. The molecule has 1 aliphatic heterocycles. The number of carbonyl (C=O) groups is 2. The van der Waals surface area contributed by atoms with Gasteiger partial charge >= 0.3 is 0 Å². The lowest BCUT2D eigenvalue weighted by Crippen LogP contribution is -2.51. The summed E-state index contributed by atoms with van der Waals surface area (Å²) in [5.41, 5.74) is 3.17. The summed E-state index contributed by atoms with van der Waals surface area (Å²) in [5.74, 6) is 1.13. The zero-order valence-corrected chi connectivity index (χ0v) is 14.8. The maximum absolute atomic E-state index is 12.3. The van der Waals surface area contributed by atoms with Crippen LogP contribution in [-0.2, 0) is 9.59 Å². The zero-order valence-electron chi connectivity index (χ0n) is 14.8. The number of amides is 2. The van der Waals surface area contributed by atoms with Crippen molar-refractivity contribution >= 4 is 17.5 Å². The molecular formula is C19H27N3O2. The molecule has 3 rings (SSSR count). The Morgan fingerprint density at radius 2 is 1.83 bits per heavy atom. The summed E-state index contributed by atoms with van der Waals surface area (Å²) in [6.45, 7) is 9.60. The SMILES string of the molecule is Cc1cccc(NC(=O)CN2CCN(C(=O)[C@@H]3C[C@@H]3C)CC2)c1C. The Labute approximate surface area is 144 Å². The summed E-state index contributed by atoms with van der Waals surface area (Å²) < 4.78 is 0. The fourth-order valence-electron chi connectivity index (χ4n) is 3.31. The molecule has 1 aromatic rings. The van der Waals surface area contributed by atoms with Gasteiger partial charge in [0.05, 0.1) is 6.54 Å². The molecular weight excluding hydrogens is 302 g/mol. The lowest BCUT2D eigenvalue weighted by Gasteiger charge is -2.34. The van der Waals surface area contributed by atoms with E-state index >= 15 is 0 Å². The Kier molecular flexibility index (Phi) is 4.90. The number of piperazine rings is 1. The van der Waals surface area contributed by atoms with Crippen LogP contribution in [0.5, 0.6) is 0 Å². The monoisotopic (exact) mass is 329 g/mol. The first-order valence-corrected chi connectivity index (χ1v) is 8.83. The van der Waals surface area contributed by atoms with E-state index in [1.807, 2.05) is 36.9 Å². The molecule has 1 aromatic carbocycles. The van der Waals surface area contributed by atoms with Gasteiger partial charge in [0, 0.05) is 37.8 Å². The molecule has 0 aromatic heterocycles. The molecule has 0 unspecified atom stereocenters. The zero-order chi connectivity index (χ0) is 17.3. The van der Waals surface area contributed by atoms with Crippen LogP contribution in [0.15, 0.2) is 18.2 Å². The Balaban J connectivity index is 1.46. The van der Waals surface area contributed by atoms with Crippen molar-refractivity contribution in [3.8, 4) is 0 Å². The van der Waals surface area contributed by atoms with Crippen LogP contribution in [-0.4, -0.2) is 54.3 Å². The summed E-state index contributed by atoms with van der Waals surface area (Å²) in [5, 5.41) is 3.01. The molecule has 1 heterocycles. The Morgan fingerprint density at radius 3 is 2.46 bits per heavy atom. The Morgan fingerprint density at radius 1 is 1.17 bits per heavy atom. The van der Waals surface area contributed by atoms with Crippen molar-refractivity contribution in [3.05, 3.63) is 29.3 Å². The van der Waals surface area contributed by atoms with E-state index in [4.69, 9.17) is 0 Å². The molecule has 0 bridgehead atoms. The van der Waals surface area contributed by atoms with Crippen LogP contribution in [0.4, 0.5) is 5.69 Å². The van der Waals surface area contributed by atoms with Crippen molar-refractivity contribution in [2.75, 3.05) is 38.0 Å². The predicted molar refractivity (Wildman–Crippen MR) is 94.8 cm³/mol. The van der Waals surface area contributed by atoms with E-state index in [-0.39, 0.29) is 11.8 Å². The number of hydrogen-bond acceptors (Lipinski definition) is 3. The minimum Gasteiger partial charge on any atom is -0.340 e. The second-order valence-electron chi connectivity index (χ2n) is 7.22. The van der Waals surface area contributed by atoms with Crippen molar-refractivity contribution in [3.63, 3.8) is 0 Å². The third-order valence-electron chi connectivity index (χ3n) is 5.36. The van der Waals surface area contributed by atoms with Crippen LogP contribution >= 0.6 is 0 Å². The second kappa shape index (κ2) is 6.93. The second-order valence-corrected chi connectivity index (χ2v) is 7.22. The van der Waals surface area contributed by atoms with E-state index in [9.17, 15) is 9.59 Å². The molecule has 2 amide bonds. The van der Waals surface area contributed by atoms with E-state index < -0.39 is 0 Å². The van der Waals surface area contributed by atoms with Gasteiger partial charge in [-0.1, -0.05) is 19.1 Å². The minimum absolute atomic E-state index is 0.0132. The molecule has 2 atom stereocenters. The average Bonchev–Trinajstić information content (AvgIpc) is 3.29. The van der Waals surface area contributed by atoms with Crippen LogP contribution in [0.2, 0.25) is 0 Å². The third kappa shape index (κ3) is 3.78. The van der Waals surface area contributed by atoms with Crippen LogP contribution in [0.1, 0.15) is 24.5 Å². The summed E-state index contributed by atoms with van der Waals surface area (Å²) >= 11 is 0. The molecule has 2 aliphatic rings. The number of nitrogens with zero attached hydrogens (tertiary/aromatic N) is 2. The van der Waals surface area contributed by atoms with Gasteiger partial charge in [0.2, 0.25) is 11.8 Å². The van der Waals surface area contributed by atoms with Crippen molar-refractivity contribution in [1.82, 2.24) is 9.80 Å². The molecule has 1 saturated heterocycles. The molecule has 1 saturated carbocycles. The molecule has 24 heavy (non-hydrogen) atoms. The fraction of sp³-hybridized carbons (Fsp3) is 0.579. The van der Waals surface area contributed by atoms with Crippen LogP contribution < -0.4 is 5.32 Å². The van der Waals surface area contributed by atoms with E-state index in [0.717, 1.165) is 43.9 Å². The maximum Gasteiger partial charge on any atom is 0.238 e. The summed E-state index contributed by atoms with van der Waals surface area (Å²) in [6.07, 6.45) is 1.04. The number of nitrogens with one attached hydrogen (secondary N) is 1. The van der Waals surface area contributed by atoms with Crippen LogP contribution in [0.3, 0.4) is 0 Å². The van der Waals surface area contributed by atoms with Gasteiger partial charge in [-0.2, -0.15) is 0 Å². The highest BCUT2D eigenvalue weighted by Crippen LogP contribution is 2.39. The first-order chi connectivity index (χ1) is 11.5. The number of carbonyl (C=O) groups excluding carboxylic acids is 2. The predicted octanol–water partition coefficient (Wildman–Crippen LogP) is 2.04. The van der Waals surface area contributed by atoms with Gasteiger partial charge in [0.15, 0.2) is 0 Å². The van der Waals surface area contributed by atoms with Gasteiger partial charge in [0.25, 0.3) is 0 Å². The lowest BCUT2D eigenvalue weighted by atomic mass is 10.1. The van der Waals surface area contributed by atoms with Gasteiger partial charge in [-0.15, -0.1) is 0 Å². The lowest BCUT2D eigenvalue weighted by molar-refractivity contribution is -0.134. The Bertz CT molecular complexity index is 635. The van der Waals surface area contributed by atoms with Crippen LogP contribution in [0, 0.1) is 25.7 Å². The molecule has 130 valence electrons. The standard InChI is InChI=1S/C19H27N3O2/c1-13-5-4-6-17(15(13)3)20-18(23)12-21-7-9-22(10-8-21)19(24)16-11-14(16)2/h4-6,14,16H,7-12H2,1-3H3,(H,20,23)/t14-,16+/m0/s1. The van der Waals surface area contributed by atoms with Crippen LogP contribution in [0.25, 0.3) is 0 Å².